The topological polar surface area (TPSA) is 0 Å². The second-order valence-electron chi connectivity index (χ2n) is 8.10. The molecule has 0 saturated heterocycles. The molecule has 2 unspecified atom stereocenters. The van der Waals surface area contributed by atoms with Crippen molar-refractivity contribution < 1.29 is 0 Å². The van der Waals surface area contributed by atoms with Crippen LogP contribution in [0, 0.1) is 0 Å². The van der Waals surface area contributed by atoms with Crippen LogP contribution in [0.2, 0.25) is 0 Å². The molecule has 5 rings (SSSR count). The number of rotatable bonds is 4. The number of fused-ring (bicyclic) bond motifs is 2. The molecule has 3 aromatic rings. The maximum atomic E-state index is 2.47. The first-order valence-corrected chi connectivity index (χ1v) is 10.1. The van der Waals surface area contributed by atoms with E-state index in [2.05, 4.69) is 72.8 Å². The van der Waals surface area contributed by atoms with E-state index in [4.69, 9.17) is 0 Å². The van der Waals surface area contributed by atoms with Gasteiger partial charge in [-0.1, -0.05) is 72.8 Å². The number of benzene rings is 3. The van der Waals surface area contributed by atoms with Crippen LogP contribution >= 0.6 is 0 Å². The van der Waals surface area contributed by atoms with Gasteiger partial charge in [-0.05, 0) is 83.7 Å². The molecular weight excluding hydrogens is 312 g/mol. The summed E-state index contributed by atoms with van der Waals surface area (Å²) in [5.41, 5.74) is 9.32. The highest BCUT2D eigenvalue weighted by Crippen LogP contribution is 2.37. The summed E-state index contributed by atoms with van der Waals surface area (Å²) < 4.78 is 0. The van der Waals surface area contributed by atoms with E-state index in [1.807, 2.05) is 0 Å². The monoisotopic (exact) mass is 338 g/mol. The SMILES string of the molecule is c1cc(CC2CCc3ccccc32)cc(CC2CCc3ccccc32)c1. The summed E-state index contributed by atoms with van der Waals surface area (Å²) >= 11 is 0. The van der Waals surface area contributed by atoms with E-state index in [0.717, 1.165) is 0 Å². The molecule has 0 heteroatoms. The average molecular weight is 338 g/mol. The predicted octanol–water partition coefficient (Wildman–Crippen LogP) is 6.23. The average Bonchev–Trinajstić information content (AvgIpc) is 3.27. The van der Waals surface area contributed by atoms with E-state index >= 15 is 0 Å². The molecule has 0 aliphatic heterocycles. The van der Waals surface area contributed by atoms with Crippen molar-refractivity contribution in [2.24, 2.45) is 0 Å². The fourth-order valence-corrected chi connectivity index (χ4v) is 5.17. The molecule has 0 N–H and O–H groups in total. The van der Waals surface area contributed by atoms with Gasteiger partial charge in [0.25, 0.3) is 0 Å². The predicted molar refractivity (Wildman–Crippen MR) is 109 cm³/mol. The van der Waals surface area contributed by atoms with Crippen molar-refractivity contribution in [2.75, 3.05) is 0 Å². The molecule has 0 amide bonds. The normalized spacial score (nSPS) is 20.8. The first-order chi connectivity index (χ1) is 12.9. The molecule has 0 spiro atoms. The Balaban J connectivity index is 1.33. The standard InChI is InChI=1S/C26H26/c1-3-10-25-21(8-1)12-14-23(25)17-19-6-5-7-20(16-19)18-24-15-13-22-9-2-4-11-26(22)24/h1-11,16,23-24H,12-15,17-18H2. The van der Waals surface area contributed by atoms with Crippen LogP contribution in [0.5, 0.6) is 0 Å². The van der Waals surface area contributed by atoms with Crippen LogP contribution in [0.25, 0.3) is 0 Å². The fourth-order valence-electron chi connectivity index (χ4n) is 5.17. The van der Waals surface area contributed by atoms with E-state index in [0.29, 0.717) is 11.8 Å². The second kappa shape index (κ2) is 6.76. The van der Waals surface area contributed by atoms with Gasteiger partial charge >= 0.3 is 0 Å². The molecule has 0 fully saturated rings. The quantitative estimate of drug-likeness (QED) is 0.529. The third-order valence-corrected chi connectivity index (χ3v) is 6.47. The van der Waals surface area contributed by atoms with Crippen molar-refractivity contribution in [1.29, 1.82) is 0 Å². The van der Waals surface area contributed by atoms with Gasteiger partial charge in [0.05, 0.1) is 0 Å². The minimum absolute atomic E-state index is 0.702. The highest BCUT2D eigenvalue weighted by atomic mass is 14.3. The summed E-state index contributed by atoms with van der Waals surface area (Å²) in [6, 6.07) is 27.5. The van der Waals surface area contributed by atoms with Crippen molar-refractivity contribution in [1.82, 2.24) is 0 Å². The lowest BCUT2D eigenvalue weighted by atomic mass is 9.90. The Labute approximate surface area is 156 Å². The van der Waals surface area contributed by atoms with Gasteiger partial charge in [-0.25, -0.2) is 0 Å². The zero-order chi connectivity index (χ0) is 17.3. The van der Waals surface area contributed by atoms with Crippen molar-refractivity contribution in [2.45, 2.75) is 50.4 Å². The van der Waals surface area contributed by atoms with Gasteiger partial charge < -0.3 is 0 Å². The van der Waals surface area contributed by atoms with Crippen molar-refractivity contribution in [3.05, 3.63) is 106 Å². The molecule has 0 aromatic heterocycles. The highest BCUT2D eigenvalue weighted by molar-refractivity contribution is 5.39. The van der Waals surface area contributed by atoms with Gasteiger partial charge in [0.1, 0.15) is 0 Å². The van der Waals surface area contributed by atoms with Crippen LogP contribution in [0.3, 0.4) is 0 Å². The van der Waals surface area contributed by atoms with Crippen LogP contribution in [-0.4, -0.2) is 0 Å². The molecule has 2 aliphatic carbocycles. The molecule has 2 aliphatic rings. The van der Waals surface area contributed by atoms with Gasteiger partial charge in [0.2, 0.25) is 0 Å². The molecule has 3 aromatic carbocycles. The third-order valence-electron chi connectivity index (χ3n) is 6.47. The highest BCUT2D eigenvalue weighted by Gasteiger charge is 2.23. The Morgan fingerprint density at radius 3 is 1.62 bits per heavy atom. The molecule has 0 radical (unpaired) electrons. The molecule has 0 bridgehead atoms. The van der Waals surface area contributed by atoms with E-state index in [1.54, 1.807) is 22.3 Å². The summed E-state index contributed by atoms with van der Waals surface area (Å²) in [6.45, 7) is 0. The first kappa shape index (κ1) is 15.9. The lowest BCUT2D eigenvalue weighted by Crippen LogP contribution is -2.02. The largest absolute Gasteiger partial charge is 0.0620 e. The van der Waals surface area contributed by atoms with E-state index in [9.17, 15) is 0 Å². The summed E-state index contributed by atoms with van der Waals surface area (Å²) in [6.07, 6.45) is 7.48. The molecule has 0 heterocycles. The van der Waals surface area contributed by atoms with Crippen molar-refractivity contribution >= 4 is 0 Å². The van der Waals surface area contributed by atoms with Crippen molar-refractivity contribution in [3.8, 4) is 0 Å². The van der Waals surface area contributed by atoms with Gasteiger partial charge in [0.15, 0.2) is 0 Å². The number of aryl methyl sites for hydroxylation is 2. The van der Waals surface area contributed by atoms with Crippen LogP contribution < -0.4 is 0 Å². The van der Waals surface area contributed by atoms with Gasteiger partial charge in [-0.2, -0.15) is 0 Å². The molecular formula is C26H26. The van der Waals surface area contributed by atoms with Crippen LogP contribution in [0.15, 0.2) is 72.8 Å². The minimum atomic E-state index is 0.702. The second-order valence-corrected chi connectivity index (χ2v) is 8.10. The van der Waals surface area contributed by atoms with Crippen LogP contribution in [0.1, 0.15) is 58.1 Å². The van der Waals surface area contributed by atoms with Gasteiger partial charge in [0, 0.05) is 0 Å². The molecule has 2 atom stereocenters. The Kier molecular flexibility index (Phi) is 4.13. The molecule has 0 nitrogen and oxygen atoms in total. The minimum Gasteiger partial charge on any atom is -0.0620 e. The fraction of sp³-hybridized carbons (Fsp3) is 0.308. The number of hydrogen-bond acceptors (Lipinski definition) is 0. The molecule has 130 valence electrons. The first-order valence-electron chi connectivity index (χ1n) is 10.1. The zero-order valence-electron chi connectivity index (χ0n) is 15.3. The Bertz CT molecular complexity index is 848. The van der Waals surface area contributed by atoms with Gasteiger partial charge in [-0.3, -0.25) is 0 Å². The number of hydrogen-bond donors (Lipinski definition) is 0. The maximum Gasteiger partial charge on any atom is -0.0116 e. The third kappa shape index (κ3) is 2.98. The molecule has 0 saturated carbocycles. The summed E-state index contributed by atoms with van der Waals surface area (Å²) in [7, 11) is 0. The maximum absolute atomic E-state index is 2.47. The lowest BCUT2D eigenvalue weighted by Gasteiger charge is -2.15. The smallest absolute Gasteiger partial charge is 0.0116 e. The van der Waals surface area contributed by atoms with Crippen LogP contribution in [0.4, 0.5) is 0 Å². The van der Waals surface area contributed by atoms with E-state index < -0.39 is 0 Å². The summed E-state index contributed by atoms with van der Waals surface area (Å²) in [4.78, 5) is 0. The summed E-state index contributed by atoms with van der Waals surface area (Å²) in [5, 5.41) is 0. The summed E-state index contributed by atoms with van der Waals surface area (Å²) in [5.74, 6) is 1.40. The van der Waals surface area contributed by atoms with E-state index in [-0.39, 0.29) is 0 Å². The Morgan fingerprint density at radius 2 is 1.08 bits per heavy atom. The Morgan fingerprint density at radius 1 is 0.577 bits per heavy atom. The molecule has 26 heavy (non-hydrogen) atoms. The van der Waals surface area contributed by atoms with Crippen LogP contribution in [-0.2, 0) is 25.7 Å². The van der Waals surface area contributed by atoms with Gasteiger partial charge in [-0.15, -0.1) is 0 Å². The zero-order valence-corrected chi connectivity index (χ0v) is 15.3. The lowest BCUT2D eigenvalue weighted by molar-refractivity contribution is 0.664. The van der Waals surface area contributed by atoms with Crippen molar-refractivity contribution in [3.63, 3.8) is 0 Å². The van der Waals surface area contributed by atoms with E-state index in [1.165, 1.54) is 49.7 Å². The Hall–Kier alpha value is -2.34.